The number of aromatic amines is 1. The molecule has 0 radical (unpaired) electrons. The first kappa shape index (κ1) is 13.5. The molecule has 2 rings (SSSR count). The molecule has 1 aromatic carbocycles. The summed E-state index contributed by atoms with van der Waals surface area (Å²) in [6.07, 6.45) is 0. The molecule has 2 aromatic rings. The third-order valence-electron chi connectivity index (χ3n) is 2.37. The van der Waals surface area contributed by atoms with Gasteiger partial charge in [0.2, 0.25) is 11.8 Å². The van der Waals surface area contributed by atoms with Gasteiger partial charge in [0, 0.05) is 5.69 Å². The highest BCUT2D eigenvalue weighted by Gasteiger charge is 2.11. The van der Waals surface area contributed by atoms with Gasteiger partial charge in [-0.05, 0) is 31.2 Å². The van der Waals surface area contributed by atoms with Crippen molar-refractivity contribution < 1.29 is 14.3 Å². The monoisotopic (exact) mass is 275 g/mol. The number of nitrogens with one attached hydrogen (secondary N) is 2. The van der Waals surface area contributed by atoms with E-state index in [0.29, 0.717) is 17.9 Å². The summed E-state index contributed by atoms with van der Waals surface area (Å²) in [5.41, 5.74) is 6.23. The molecule has 1 heterocycles. The average Bonchev–Trinajstić information content (AvgIpc) is 2.86. The Morgan fingerprint density at radius 3 is 2.60 bits per heavy atom. The van der Waals surface area contributed by atoms with Gasteiger partial charge in [-0.25, -0.2) is 4.79 Å². The van der Waals surface area contributed by atoms with Crippen LogP contribution in [-0.4, -0.2) is 33.7 Å². The summed E-state index contributed by atoms with van der Waals surface area (Å²) in [5.74, 6) is -0.878. The maximum absolute atomic E-state index is 11.8. The number of rotatable bonds is 4. The molecule has 0 bridgehead atoms. The summed E-state index contributed by atoms with van der Waals surface area (Å²) in [7, 11) is 0. The van der Waals surface area contributed by atoms with E-state index in [1.165, 1.54) is 0 Å². The molecule has 0 aliphatic heterocycles. The van der Waals surface area contributed by atoms with E-state index >= 15 is 0 Å². The average molecular weight is 275 g/mol. The number of benzene rings is 1. The SMILES string of the molecule is CCOC(=O)c1ccc(NC(=O)c2nc(N)n[nH]2)cc1. The van der Waals surface area contributed by atoms with Gasteiger partial charge in [0.1, 0.15) is 0 Å². The van der Waals surface area contributed by atoms with Crippen LogP contribution in [0.15, 0.2) is 24.3 Å². The number of H-pyrrole nitrogens is 1. The molecule has 8 heteroatoms. The van der Waals surface area contributed by atoms with Crippen molar-refractivity contribution >= 4 is 23.5 Å². The Labute approximate surface area is 114 Å². The Hall–Kier alpha value is -2.90. The third-order valence-corrected chi connectivity index (χ3v) is 2.37. The number of carbonyl (C=O) groups is 2. The van der Waals surface area contributed by atoms with E-state index < -0.39 is 11.9 Å². The molecular formula is C12H13N5O3. The van der Waals surface area contributed by atoms with Crippen LogP contribution in [0.2, 0.25) is 0 Å². The van der Waals surface area contributed by atoms with Crippen LogP contribution in [0.5, 0.6) is 0 Å². The summed E-state index contributed by atoms with van der Waals surface area (Å²) in [6.45, 7) is 2.04. The molecule has 0 aliphatic carbocycles. The number of hydrogen-bond acceptors (Lipinski definition) is 6. The van der Waals surface area contributed by atoms with E-state index in [1.807, 2.05) is 0 Å². The van der Waals surface area contributed by atoms with Gasteiger partial charge in [0.05, 0.1) is 12.2 Å². The topological polar surface area (TPSA) is 123 Å². The number of carbonyl (C=O) groups excluding carboxylic acids is 2. The predicted octanol–water partition coefficient (Wildman–Crippen LogP) is 0.816. The van der Waals surface area contributed by atoms with E-state index in [-0.39, 0.29) is 11.8 Å². The fourth-order valence-electron chi connectivity index (χ4n) is 1.47. The maximum atomic E-state index is 11.8. The summed E-state index contributed by atoms with van der Waals surface area (Å²) in [6, 6.07) is 6.29. The molecule has 0 saturated carbocycles. The zero-order chi connectivity index (χ0) is 14.5. The molecule has 1 aromatic heterocycles. The lowest BCUT2D eigenvalue weighted by atomic mass is 10.2. The van der Waals surface area contributed by atoms with E-state index in [0.717, 1.165) is 0 Å². The molecule has 104 valence electrons. The standard InChI is InChI=1S/C12H13N5O3/c1-2-20-11(19)7-3-5-8(6-4-7)14-10(18)9-15-12(13)17-16-9/h3-6H,2H2,1H3,(H,14,18)(H3,13,15,16,17). The fraction of sp³-hybridized carbons (Fsp3) is 0.167. The zero-order valence-electron chi connectivity index (χ0n) is 10.7. The van der Waals surface area contributed by atoms with Gasteiger partial charge in [-0.3, -0.25) is 9.89 Å². The molecule has 0 fully saturated rings. The van der Waals surface area contributed by atoms with Gasteiger partial charge in [-0.15, -0.1) is 5.10 Å². The van der Waals surface area contributed by atoms with Crippen LogP contribution in [0.4, 0.5) is 11.6 Å². The molecule has 0 aliphatic rings. The van der Waals surface area contributed by atoms with Crippen molar-refractivity contribution in [2.75, 3.05) is 17.7 Å². The number of nitrogens with zero attached hydrogens (tertiary/aromatic N) is 2. The van der Waals surface area contributed by atoms with Crippen molar-refractivity contribution in [3.8, 4) is 0 Å². The highest BCUT2D eigenvalue weighted by molar-refractivity contribution is 6.02. The summed E-state index contributed by atoms with van der Waals surface area (Å²) < 4.78 is 4.86. The van der Waals surface area contributed by atoms with Gasteiger partial charge in [-0.1, -0.05) is 0 Å². The number of ether oxygens (including phenoxy) is 1. The van der Waals surface area contributed by atoms with Crippen LogP contribution in [-0.2, 0) is 4.74 Å². The summed E-state index contributed by atoms with van der Waals surface area (Å²) >= 11 is 0. The second-order valence-electron chi connectivity index (χ2n) is 3.79. The minimum atomic E-state index is -0.474. The summed E-state index contributed by atoms with van der Waals surface area (Å²) in [5, 5.41) is 8.55. The van der Waals surface area contributed by atoms with Crippen LogP contribution < -0.4 is 11.1 Å². The molecule has 0 spiro atoms. The normalized spacial score (nSPS) is 10.1. The number of aromatic nitrogens is 3. The first-order valence-corrected chi connectivity index (χ1v) is 5.86. The molecule has 0 saturated heterocycles. The largest absolute Gasteiger partial charge is 0.462 e. The van der Waals surface area contributed by atoms with Crippen molar-refractivity contribution in [1.82, 2.24) is 15.2 Å². The van der Waals surface area contributed by atoms with E-state index in [9.17, 15) is 9.59 Å². The second-order valence-corrected chi connectivity index (χ2v) is 3.79. The number of amides is 1. The lowest BCUT2D eigenvalue weighted by molar-refractivity contribution is 0.0526. The number of anilines is 2. The molecule has 0 atom stereocenters. The fourth-order valence-corrected chi connectivity index (χ4v) is 1.47. The van der Waals surface area contributed by atoms with Crippen LogP contribution in [0.3, 0.4) is 0 Å². The predicted molar refractivity (Wildman–Crippen MR) is 71.1 cm³/mol. The van der Waals surface area contributed by atoms with Gasteiger partial charge in [0.25, 0.3) is 5.91 Å². The van der Waals surface area contributed by atoms with Crippen molar-refractivity contribution in [3.05, 3.63) is 35.7 Å². The van der Waals surface area contributed by atoms with Gasteiger partial charge in [-0.2, -0.15) is 4.98 Å². The Kier molecular flexibility index (Phi) is 3.94. The number of nitrogens with two attached hydrogens (primary N) is 1. The Bertz CT molecular complexity index is 620. The van der Waals surface area contributed by atoms with Crippen molar-refractivity contribution in [2.45, 2.75) is 6.92 Å². The van der Waals surface area contributed by atoms with E-state index in [4.69, 9.17) is 10.5 Å². The van der Waals surface area contributed by atoms with Crippen LogP contribution in [0.1, 0.15) is 27.9 Å². The van der Waals surface area contributed by atoms with Crippen LogP contribution >= 0.6 is 0 Å². The van der Waals surface area contributed by atoms with Crippen molar-refractivity contribution in [2.24, 2.45) is 0 Å². The minimum Gasteiger partial charge on any atom is -0.462 e. The van der Waals surface area contributed by atoms with E-state index in [1.54, 1.807) is 31.2 Å². The zero-order valence-corrected chi connectivity index (χ0v) is 10.7. The number of esters is 1. The Balaban J connectivity index is 2.04. The van der Waals surface area contributed by atoms with Gasteiger partial charge < -0.3 is 15.8 Å². The van der Waals surface area contributed by atoms with Crippen molar-refractivity contribution in [1.29, 1.82) is 0 Å². The lowest BCUT2D eigenvalue weighted by Crippen LogP contribution is -2.14. The first-order chi connectivity index (χ1) is 9.60. The molecule has 8 nitrogen and oxygen atoms in total. The third kappa shape index (κ3) is 3.10. The van der Waals surface area contributed by atoms with Crippen LogP contribution in [0, 0.1) is 0 Å². The Morgan fingerprint density at radius 2 is 2.05 bits per heavy atom. The van der Waals surface area contributed by atoms with E-state index in [2.05, 4.69) is 20.5 Å². The first-order valence-electron chi connectivity index (χ1n) is 5.86. The Morgan fingerprint density at radius 1 is 1.35 bits per heavy atom. The number of nitrogen functional groups attached to an aromatic ring is 1. The minimum absolute atomic E-state index is 0.00666. The number of hydrogen-bond donors (Lipinski definition) is 3. The van der Waals surface area contributed by atoms with Gasteiger partial charge >= 0.3 is 5.97 Å². The highest BCUT2D eigenvalue weighted by Crippen LogP contribution is 2.11. The quantitative estimate of drug-likeness (QED) is 0.710. The van der Waals surface area contributed by atoms with Crippen LogP contribution in [0.25, 0.3) is 0 Å². The summed E-state index contributed by atoms with van der Waals surface area (Å²) in [4.78, 5) is 26.9. The second kappa shape index (κ2) is 5.83. The molecule has 20 heavy (non-hydrogen) atoms. The highest BCUT2D eigenvalue weighted by atomic mass is 16.5. The molecule has 0 unspecified atom stereocenters. The molecule has 1 amide bonds. The molecular weight excluding hydrogens is 262 g/mol. The maximum Gasteiger partial charge on any atom is 0.338 e. The lowest BCUT2D eigenvalue weighted by Gasteiger charge is -2.04. The smallest absolute Gasteiger partial charge is 0.338 e. The van der Waals surface area contributed by atoms with Crippen molar-refractivity contribution in [3.63, 3.8) is 0 Å². The van der Waals surface area contributed by atoms with Gasteiger partial charge in [0.15, 0.2) is 0 Å². The molecule has 4 N–H and O–H groups in total.